The Kier molecular flexibility index (Phi) is 5.38. The maximum Gasteiger partial charge on any atom is 0.232 e. The molecule has 0 heterocycles. The molecule has 0 saturated heterocycles. The number of thiol groups is 1. The van der Waals surface area contributed by atoms with Crippen molar-refractivity contribution in [3.63, 3.8) is 0 Å². The molecule has 2 nitrogen and oxygen atoms in total. The van der Waals surface area contributed by atoms with Crippen molar-refractivity contribution in [1.29, 1.82) is 0 Å². The second kappa shape index (κ2) is 5.46. The number of rotatable bonds is 4. The van der Waals surface area contributed by atoms with Crippen molar-refractivity contribution < 1.29 is 4.79 Å². The zero-order valence-corrected chi connectivity index (χ0v) is 9.27. The van der Waals surface area contributed by atoms with E-state index in [9.17, 15) is 4.79 Å². The summed E-state index contributed by atoms with van der Waals surface area (Å²) in [6.45, 7) is 9.12. The molecule has 0 fully saturated rings. The summed E-state index contributed by atoms with van der Waals surface area (Å²) in [5, 5.41) is 0. The summed E-state index contributed by atoms with van der Waals surface area (Å²) in [7, 11) is 0. The summed E-state index contributed by atoms with van der Waals surface area (Å²) in [4.78, 5) is 13.2. The van der Waals surface area contributed by atoms with Crippen molar-refractivity contribution in [3.05, 3.63) is 0 Å². The fraction of sp³-hybridized carbons (Fsp3) is 0.889. The van der Waals surface area contributed by atoms with Crippen molar-refractivity contribution in [2.45, 2.75) is 33.7 Å². The van der Waals surface area contributed by atoms with Gasteiger partial charge >= 0.3 is 0 Å². The Balaban J connectivity index is 4.13. The van der Waals surface area contributed by atoms with Gasteiger partial charge in [-0.3, -0.25) is 4.79 Å². The van der Waals surface area contributed by atoms with Gasteiger partial charge in [-0.1, -0.05) is 13.8 Å². The molecule has 0 aromatic carbocycles. The molecular formula is C9H19NOS. The Hall–Kier alpha value is -0.180. The molecule has 0 N–H and O–H groups in total. The third-order valence-corrected chi connectivity index (χ3v) is 1.91. The number of carbonyl (C=O) groups excluding carboxylic acids is 1. The Bertz CT molecular complexity index is 145. The predicted molar refractivity (Wildman–Crippen MR) is 55.5 cm³/mol. The summed E-state index contributed by atoms with van der Waals surface area (Å²) < 4.78 is 0. The van der Waals surface area contributed by atoms with Crippen LogP contribution < -0.4 is 0 Å². The van der Waals surface area contributed by atoms with Crippen LogP contribution in [0.1, 0.15) is 27.7 Å². The zero-order valence-electron chi connectivity index (χ0n) is 8.37. The summed E-state index contributed by atoms with van der Waals surface area (Å²) in [5.41, 5.74) is 0. The maximum absolute atomic E-state index is 11.3. The van der Waals surface area contributed by atoms with Crippen LogP contribution in [-0.4, -0.2) is 29.1 Å². The van der Waals surface area contributed by atoms with Gasteiger partial charge in [-0.05, 0) is 19.8 Å². The van der Waals surface area contributed by atoms with Crippen LogP contribution in [0.4, 0.5) is 0 Å². The lowest BCUT2D eigenvalue weighted by Crippen LogP contribution is -2.40. The Labute approximate surface area is 80.7 Å². The third-order valence-electron chi connectivity index (χ3n) is 1.64. The van der Waals surface area contributed by atoms with E-state index >= 15 is 0 Å². The van der Waals surface area contributed by atoms with Gasteiger partial charge in [0.1, 0.15) is 0 Å². The summed E-state index contributed by atoms with van der Waals surface area (Å²) in [5.74, 6) is 0.962. The largest absolute Gasteiger partial charge is 0.339 e. The number of nitrogens with zero attached hydrogens (tertiary/aromatic N) is 1. The first-order valence-electron chi connectivity index (χ1n) is 4.39. The average molecular weight is 189 g/mol. The van der Waals surface area contributed by atoms with Gasteiger partial charge < -0.3 is 4.90 Å². The van der Waals surface area contributed by atoms with E-state index in [1.165, 1.54) is 0 Å². The van der Waals surface area contributed by atoms with E-state index in [4.69, 9.17) is 0 Å². The lowest BCUT2D eigenvalue weighted by molar-refractivity contribution is -0.130. The molecule has 0 aromatic heterocycles. The molecule has 0 atom stereocenters. The van der Waals surface area contributed by atoms with E-state index in [1.54, 1.807) is 0 Å². The van der Waals surface area contributed by atoms with E-state index < -0.39 is 0 Å². The summed E-state index contributed by atoms with van der Waals surface area (Å²) in [6.07, 6.45) is 0. The summed E-state index contributed by atoms with van der Waals surface area (Å²) >= 11 is 3.98. The van der Waals surface area contributed by atoms with Crippen molar-refractivity contribution in [1.82, 2.24) is 4.90 Å². The van der Waals surface area contributed by atoms with Gasteiger partial charge in [0.05, 0.1) is 5.75 Å². The number of hydrogen-bond donors (Lipinski definition) is 1. The topological polar surface area (TPSA) is 20.3 Å². The Morgan fingerprint density at radius 3 is 2.08 bits per heavy atom. The lowest BCUT2D eigenvalue weighted by Gasteiger charge is -2.27. The first-order valence-corrected chi connectivity index (χ1v) is 5.02. The van der Waals surface area contributed by atoms with E-state index in [0.29, 0.717) is 11.7 Å². The first-order chi connectivity index (χ1) is 5.49. The molecule has 0 aliphatic carbocycles. The highest BCUT2D eigenvalue weighted by Crippen LogP contribution is 2.05. The molecule has 3 heteroatoms. The lowest BCUT2D eigenvalue weighted by atomic mass is 10.2. The molecule has 0 unspecified atom stereocenters. The van der Waals surface area contributed by atoms with Gasteiger partial charge in [0, 0.05) is 12.6 Å². The highest BCUT2D eigenvalue weighted by Gasteiger charge is 2.15. The average Bonchev–Trinajstić information content (AvgIpc) is 1.98. The van der Waals surface area contributed by atoms with Crippen LogP contribution in [0.2, 0.25) is 0 Å². The minimum Gasteiger partial charge on any atom is -0.339 e. The van der Waals surface area contributed by atoms with Crippen LogP contribution in [0.15, 0.2) is 0 Å². The fourth-order valence-corrected chi connectivity index (χ4v) is 1.27. The van der Waals surface area contributed by atoms with Gasteiger partial charge in [0.25, 0.3) is 0 Å². The highest BCUT2D eigenvalue weighted by atomic mass is 32.1. The molecule has 0 bridgehead atoms. The van der Waals surface area contributed by atoms with Crippen LogP contribution in [0.5, 0.6) is 0 Å². The molecule has 0 aromatic rings. The summed E-state index contributed by atoms with van der Waals surface area (Å²) in [6, 6.07) is 0.284. The van der Waals surface area contributed by atoms with Gasteiger partial charge in [0.2, 0.25) is 5.91 Å². The molecule has 72 valence electrons. The van der Waals surface area contributed by atoms with Gasteiger partial charge in [-0.15, -0.1) is 0 Å². The molecule has 0 aliphatic rings. The van der Waals surface area contributed by atoms with Crippen LogP contribution in [0, 0.1) is 5.92 Å². The second-order valence-corrected chi connectivity index (χ2v) is 4.01. The Morgan fingerprint density at radius 1 is 1.33 bits per heavy atom. The minimum atomic E-state index is 0.127. The van der Waals surface area contributed by atoms with Crippen molar-refractivity contribution in [2.24, 2.45) is 5.92 Å². The van der Waals surface area contributed by atoms with Crippen LogP contribution in [-0.2, 0) is 4.79 Å². The number of hydrogen-bond acceptors (Lipinski definition) is 2. The standard InChI is InChI=1S/C9H19NOS/c1-7(2)5-10(8(3)4)9(11)6-12/h7-8,12H,5-6H2,1-4H3. The fourth-order valence-electron chi connectivity index (χ4n) is 1.08. The molecule has 0 spiro atoms. The minimum absolute atomic E-state index is 0.127. The van der Waals surface area contributed by atoms with Crippen LogP contribution in [0.3, 0.4) is 0 Å². The van der Waals surface area contributed by atoms with Crippen molar-refractivity contribution in [3.8, 4) is 0 Å². The molecule has 0 saturated carbocycles. The zero-order chi connectivity index (χ0) is 9.72. The van der Waals surface area contributed by atoms with E-state index in [0.717, 1.165) is 6.54 Å². The second-order valence-electron chi connectivity index (χ2n) is 3.69. The quantitative estimate of drug-likeness (QED) is 0.669. The van der Waals surface area contributed by atoms with E-state index in [-0.39, 0.29) is 11.9 Å². The number of carbonyl (C=O) groups is 1. The van der Waals surface area contributed by atoms with Crippen molar-refractivity contribution in [2.75, 3.05) is 12.3 Å². The van der Waals surface area contributed by atoms with E-state index in [2.05, 4.69) is 26.5 Å². The molecular weight excluding hydrogens is 170 g/mol. The maximum atomic E-state index is 11.3. The van der Waals surface area contributed by atoms with E-state index in [1.807, 2.05) is 18.7 Å². The molecule has 0 rings (SSSR count). The first kappa shape index (κ1) is 11.8. The highest BCUT2D eigenvalue weighted by molar-refractivity contribution is 7.81. The van der Waals surface area contributed by atoms with Crippen molar-refractivity contribution >= 4 is 18.5 Å². The smallest absolute Gasteiger partial charge is 0.232 e. The normalized spacial score (nSPS) is 10.9. The van der Waals surface area contributed by atoms with Crippen LogP contribution >= 0.6 is 12.6 Å². The third kappa shape index (κ3) is 4.00. The molecule has 12 heavy (non-hydrogen) atoms. The Morgan fingerprint density at radius 2 is 1.83 bits per heavy atom. The molecule has 0 aliphatic heterocycles. The predicted octanol–water partition coefficient (Wildman–Crippen LogP) is 1.81. The van der Waals surface area contributed by atoms with Gasteiger partial charge in [0.15, 0.2) is 0 Å². The van der Waals surface area contributed by atoms with Crippen LogP contribution in [0.25, 0.3) is 0 Å². The van der Waals surface area contributed by atoms with Gasteiger partial charge in [-0.25, -0.2) is 0 Å². The number of amides is 1. The monoisotopic (exact) mass is 189 g/mol. The molecule has 1 amide bonds. The SMILES string of the molecule is CC(C)CN(C(=O)CS)C(C)C. The molecule has 0 radical (unpaired) electrons. The van der Waals surface area contributed by atoms with Gasteiger partial charge in [-0.2, -0.15) is 12.6 Å².